The van der Waals surface area contributed by atoms with Gasteiger partial charge < -0.3 is 5.11 Å². The van der Waals surface area contributed by atoms with Crippen LogP contribution in [-0.2, 0) is 14.8 Å². The number of carboxylic acid groups (broad SMARTS) is 1. The summed E-state index contributed by atoms with van der Waals surface area (Å²) in [6.45, 7) is 5.45. The molecule has 0 unspecified atom stereocenters. The molecule has 1 atom stereocenters. The molecule has 0 fully saturated rings. The number of rotatable bonds is 6. The van der Waals surface area contributed by atoms with Crippen molar-refractivity contribution in [2.75, 3.05) is 0 Å². The van der Waals surface area contributed by atoms with Gasteiger partial charge in [-0.1, -0.05) is 26.0 Å². The Labute approximate surface area is 127 Å². The summed E-state index contributed by atoms with van der Waals surface area (Å²) >= 11 is 3.23. The van der Waals surface area contributed by atoms with Gasteiger partial charge in [-0.3, -0.25) is 4.79 Å². The van der Waals surface area contributed by atoms with E-state index in [-0.39, 0.29) is 17.2 Å². The molecule has 0 radical (unpaired) electrons. The number of carboxylic acids is 1. The Hall–Kier alpha value is -0.920. The lowest BCUT2D eigenvalue weighted by molar-refractivity contribution is -0.139. The first kappa shape index (κ1) is 17.1. The molecule has 20 heavy (non-hydrogen) atoms. The summed E-state index contributed by atoms with van der Waals surface area (Å²) in [4.78, 5) is 11.2. The molecule has 112 valence electrons. The second kappa shape index (κ2) is 6.69. The molecule has 7 heteroatoms. The van der Waals surface area contributed by atoms with Gasteiger partial charge in [0.05, 0.1) is 4.90 Å². The van der Waals surface area contributed by atoms with Crippen LogP contribution in [-0.4, -0.2) is 25.5 Å². The Balaban J connectivity index is 3.10. The van der Waals surface area contributed by atoms with Gasteiger partial charge in [-0.25, -0.2) is 8.42 Å². The van der Waals surface area contributed by atoms with Gasteiger partial charge in [0, 0.05) is 4.47 Å². The molecule has 0 amide bonds. The number of benzene rings is 1. The average molecular weight is 364 g/mol. The number of aliphatic carboxylic acids is 1. The second-order valence-corrected chi connectivity index (χ2v) is 7.50. The van der Waals surface area contributed by atoms with E-state index in [1.807, 2.05) is 13.8 Å². The summed E-state index contributed by atoms with van der Waals surface area (Å²) in [7, 11) is -3.88. The Bertz CT molecular complexity index is 598. The molecule has 0 heterocycles. The molecule has 1 aromatic rings. The highest BCUT2D eigenvalue weighted by atomic mass is 79.9. The summed E-state index contributed by atoms with van der Waals surface area (Å²) < 4.78 is 27.3. The molecule has 0 aliphatic rings. The van der Waals surface area contributed by atoms with Crippen molar-refractivity contribution < 1.29 is 18.3 Å². The number of carbonyl (C=O) groups is 1. The smallest absolute Gasteiger partial charge is 0.321 e. The molecule has 2 N–H and O–H groups in total. The van der Waals surface area contributed by atoms with E-state index in [4.69, 9.17) is 5.11 Å². The highest BCUT2D eigenvalue weighted by Crippen LogP contribution is 2.25. The Morgan fingerprint density at radius 2 is 2.00 bits per heavy atom. The normalized spacial score (nSPS) is 13.4. The summed E-state index contributed by atoms with van der Waals surface area (Å²) in [5.41, 5.74) is 0.767. The first-order chi connectivity index (χ1) is 9.15. The number of sulfonamides is 1. The van der Waals surface area contributed by atoms with Crippen molar-refractivity contribution in [3.8, 4) is 0 Å². The Morgan fingerprint density at radius 3 is 2.50 bits per heavy atom. The van der Waals surface area contributed by atoms with Gasteiger partial charge in [-0.2, -0.15) is 4.72 Å². The number of hydrogen-bond donors (Lipinski definition) is 2. The van der Waals surface area contributed by atoms with Crippen molar-refractivity contribution in [2.24, 2.45) is 5.92 Å². The summed E-state index contributed by atoms with van der Waals surface area (Å²) in [6, 6.07) is 3.69. The minimum absolute atomic E-state index is 0.0486. The maximum absolute atomic E-state index is 12.3. The molecule has 0 spiro atoms. The lowest BCUT2D eigenvalue weighted by Crippen LogP contribution is -2.41. The van der Waals surface area contributed by atoms with E-state index in [1.165, 1.54) is 6.07 Å². The van der Waals surface area contributed by atoms with Crippen molar-refractivity contribution in [1.29, 1.82) is 0 Å². The fourth-order valence-electron chi connectivity index (χ4n) is 1.75. The third-order valence-corrected chi connectivity index (χ3v) is 5.58. The molecule has 0 aliphatic heterocycles. The van der Waals surface area contributed by atoms with Gasteiger partial charge in [-0.05, 0) is 46.8 Å². The second-order valence-electron chi connectivity index (χ2n) is 5.03. The van der Waals surface area contributed by atoms with E-state index in [0.29, 0.717) is 4.47 Å². The first-order valence-corrected chi connectivity index (χ1v) is 8.43. The molecule has 5 nitrogen and oxygen atoms in total. The van der Waals surface area contributed by atoms with Gasteiger partial charge in [0.2, 0.25) is 10.0 Å². The third-order valence-electron chi connectivity index (χ3n) is 2.75. The van der Waals surface area contributed by atoms with Gasteiger partial charge >= 0.3 is 5.97 Å². The van der Waals surface area contributed by atoms with Crippen LogP contribution in [0.2, 0.25) is 0 Å². The highest BCUT2D eigenvalue weighted by Gasteiger charge is 2.27. The minimum Gasteiger partial charge on any atom is -0.480 e. The zero-order chi connectivity index (χ0) is 15.5. The van der Waals surface area contributed by atoms with Crippen molar-refractivity contribution >= 4 is 31.9 Å². The maximum Gasteiger partial charge on any atom is 0.321 e. The van der Waals surface area contributed by atoms with Crippen molar-refractivity contribution in [3.63, 3.8) is 0 Å². The van der Waals surface area contributed by atoms with Gasteiger partial charge in [0.15, 0.2) is 0 Å². The van der Waals surface area contributed by atoms with Crippen molar-refractivity contribution in [1.82, 2.24) is 4.72 Å². The van der Waals surface area contributed by atoms with Crippen molar-refractivity contribution in [2.45, 2.75) is 38.1 Å². The molecule has 1 aromatic carbocycles. The topological polar surface area (TPSA) is 83.5 Å². The van der Waals surface area contributed by atoms with Gasteiger partial charge in [0.1, 0.15) is 6.04 Å². The zero-order valence-corrected chi connectivity index (χ0v) is 14.0. The molecule has 0 aromatic heterocycles. The van der Waals surface area contributed by atoms with Crippen LogP contribution in [0, 0.1) is 12.8 Å². The number of aryl methyl sites for hydroxylation is 1. The van der Waals surface area contributed by atoms with E-state index in [9.17, 15) is 13.2 Å². The van der Waals surface area contributed by atoms with Crippen LogP contribution in [0.3, 0.4) is 0 Å². The van der Waals surface area contributed by atoms with Gasteiger partial charge in [0.25, 0.3) is 0 Å². The Morgan fingerprint density at radius 1 is 1.40 bits per heavy atom. The van der Waals surface area contributed by atoms with E-state index in [0.717, 1.165) is 5.56 Å². The fourth-order valence-corrected chi connectivity index (χ4v) is 4.01. The van der Waals surface area contributed by atoms with E-state index >= 15 is 0 Å². The SMILES string of the molecule is Cc1cccc(S(=O)(=O)N[C@@H](CC(C)C)C(=O)O)c1Br. The monoisotopic (exact) mass is 363 g/mol. The van der Waals surface area contributed by atoms with Crippen molar-refractivity contribution in [3.05, 3.63) is 28.2 Å². The fraction of sp³-hybridized carbons (Fsp3) is 0.462. The molecule has 0 aliphatic carbocycles. The lowest BCUT2D eigenvalue weighted by atomic mass is 10.1. The first-order valence-electron chi connectivity index (χ1n) is 6.15. The zero-order valence-electron chi connectivity index (χ0n) is 11.6. The van der Waals surface area contributed by atoms with Gasteiger partial charge in [-0.15, -0.1) is 0 Å². The molecular weight excluding hydrogens is 346 g/mol. The lowest BCUT2D eigenvalue weighted by Gasteiger charge is -2.17. The quantitative estimate of drug-likeness (QED) is 0.813. The standard InChI is InChI=1S/C13H18BrNO4S/c1-8(2)7-10(13(16)17)15-20(18,19)11-6-4-5-9(3)12(11)14/h4-6,8,10,15H,7H2,1-3H3,(H,16,17)/t10-/m0/s1. The van der Waals surface area contributed by atoms with Crippen LogP contribution in [0.5, 0.6) is 0 Å². The van der Waals surface area contributed by atoms with Crippen LogP contribution >= 0.6 is 15.9 Å². The molecule has 0 saturated heterocycles. The van der Waals surface area contributed by atoms with Crippen LogP contribution in [0.4, 0.5) is 0 Å². The highest BCUT2D eigenvalue weighted by molar-refractivity contribution is 9.10. The Kier molecular flexibility index (Phi) is 5.73. The number of halogens is 1. The number of nitrogens with one attached hydrogen (secondary N) is 1. The third kappa shape index (κ3) is 4.29. The predicted octanol–water partition coefficient (Wildman–Crippen LogP) is 2.54. The van der Waals surface area contributed by atoms with E-state index in [2.05, 4.69) is 20.7 Å². The molecule has 0 saturated carbocycles. The molecule has 0 bridgehead atoms. The maximum atomic E-state index is 12.3. The summed E-state index contributed by atoms with van der Waals surface area (Å²) in [6.07, 6.45) is 0.234. The number of hydrogen-bond acceptors (Lipinski definition) is 3. The minimum atomic E-state index is -3.88. The average Bonchev–Trinajstić information content (AvgIpc) is 2.30. The van der Waals surface area contributed by atoms with E-state index in [1.54, 1.807) is 19.1 Å². The molecule has 1 rings (SSSR count). The summed E-state index contributed by atoms with van der Waals surface area (Å²) in [5, 5.41) is 9.12. The van der Waals surface area contributed by atoms with Crippen LogP contribution < -0.4 is 4.72 Å². The summed E-state index contributed by atoms with van der Waals surface area (Å²) in [5.74, 6) is -1.11. The van der Waals surface area contributed by atoms with Crippen LogP contribution in [0.1, 0.15) is 25.8 Å². The van der Waals surface area contributed by atoms with E-state index < -0.39 is 22.0 Å². The van der Waals surface area contributed by atoms with Crippen LogP contribution in [0.15, 0.2) is 27.6 Å². The predicted molar refractivity (Wildman–Crippen MR) is 80.1 cm³/mol. The molecular formula is C13H18BrNO4S. The van der Waals surface area contributed by atoms with Crippen LogP contribution in [0.25, 0.3) is 0 Å². The largest absolute Gasteiger partial charge is 0.480 e.